The fraction of sp³-hybridized carbons (Fsp3) is 0.467. The van der Waals surface area contributed by atoms with Gasteiger partial charge < -0.3 is 30.8 Å². The Morgan fingerprint density at radius 3 is 3.16 bits per heavy atom. The van der Waals surface area contributed by atoms with E-state index in [1.165, 1.54) is 24.5 Å². The summed E-state index contributed by atoms with van der Waals surface area (Å²) in [4.78, 5) is 21.5. The molecule has 10 nitrogen and oxygen atoms in total. The molecule has 4 rings (SSSR count). The number of nitrogens with one attached hydrogen (secondary N) is 1. The second kappa shape index (κ2) is 5.48. The molecule has 0 aromatic heterocycles. The van der Waals surface area contributed by atoms with Crippen molar-refractivity contribution in [2.45, 2.75) is 23.8 Å². The van der Waals surface area contributed by atoms with Gasteiger partial charge in [0.2, 0.25) is 5.79 Å². The number of oxime groups is 1. The predicted molar refractivity (Wildman–Crippen MR) is 85.1 cm³/mol. The van der Waals surface area contributed by atoms with E-state index in [2.05, 4.69) is 15.3 Å². The maximum atomic E-state index is 11.1. The van der Waals surface area contributed by atoms with Crippen LogP contribution in [0.4, 0.5) is 10.5 Å². The highest BCUT2D eigenvalue weighted by atomic mass is 16.8. The number of amides is 1. The third kappa shape index (κ3) is 2.46. The molecule has 2 fully saturated rings. The highest BCUT2D eigenvalue weighted by molar-refractivity contribution is 5.83. The van der Waals surface area contributed by atoms with E-state index < -0.39 is 17.8 Å². The van der Waals surface area contributed by atoms with Gasteiger partial charge in [0.05, 0.1) is 30.4 Å². The average molecular weight is 350 g/mol. The molecule has 3 heterocycles. The van der Waals surface area contributed by atoms with Gasteiger partial charge in [0.15, 0.2) is 0 Å². The molecular formula is C15H18N4O6. The molecule has 2 saturated heterocycles. The highest BCUT2D eigenvalue weighted by Crippen LogP contribution is 2.53. The summed E-state index contributed by atoms with van der Waals surface area (Å²) in [5, 5.41) is 30.0. The first-order chi connectivity index (χ1) is 11.9. The Bertz CT molecular complexity index is 756. The Balaban J connectivity index is 1.80. The minimum absolute atomic E-state index is 0.0430. The van der Waals surface area contributed by atoms with E-state index in [1.54, 1.807) is 6.07 Å². The SMILES string of the molecule is CON=Cc1cc(O)c2c(c1)N1CC3NC3C(O)(O1)C2COC(N)=O. The number of fused-ring (bicyclic) bond motifs is 6. The largest absolute Gasteiger partial charge is 0.508 e. The van der Waals surface area contributed by atoms with Crippen molar-refractivity contribution in [1.29, 1.82) is 0 Å². The first-order valence-corrected chi connectivity index (χ1v) is 7.74. The summed E-state index contributed by atoms with van der Waals surface area (Å²) in [6.45, 7) is 0.282. The van der Waals surface area contributed by atoms with Crippen molar-refractivity contribution in [3.63, 3.8) is 0 Å². The van der Waals surface area contributed by atoms with Crippen LogP contribution in [0.2, 0.25) is 0 Å². The molecule has 0 spiro atoms. The number of aliphatic hydroxyl groups is 1. The van der Waals surface area contributed by atoms with Crippen LogP contribution >= 0.6 is 0 Å². The first-order valence-electron chi connectivity index (χ1n) is 7.74. The Labute approximate surface area is 142 Å². The minimum Gasteiger partial charge on any atom is -0.508 e. The van der Waals surface area contributed by atoms with Crippen LogP contribution in [0.3, 0.4) is 0 Å². The van der Waals surface area contributed by atoms with Crippen LogP contribution in [0.25, 0.3) is 0 Å². The van der Waals surface area contributed by atoms with Crippen molar-refractivity contribution in [3.05, 3.63) is 23.3 Å². The zero-order valence-electron chi connectivity index (χ0n) is 13.4. The molecule has 4 unspecified atom stereocenters. The third-order valence-electron chi connectivity index (χ3n) is 4.73. The molecule has 25 heavy (non-hydrogen) atoms. The van der Waals surface area contributed by atoms with E-state index in [1.807, 2.05) is 0 Å². The van der Waals surface area contributed by atoms with Crippen molar-refractivity contribution in [1.82, 2.24) is 5.32 Å². The van der Waals surface area contributed by atoms with E-state index in [-0.39, 0.29) is 24.4 Å². The van der Waals surface area contributed by atoms with Crippen molar-refractivity contribution in [3.8, 4) is 5.75 Å². The zero-order chi connectivity index (χ0) is 17.8. The lowest BCUT2D eigenvalue weighted by Gasteiger charge is -2.47. The number of nitrogens with zero attached hydrogens (tertiary/aromatic N) is 2. The van der Waals surface area contributed by atoms with Gasteiger partial charge in [0, 0.05) is 17.2 Å². The average Bonchev–Trinajstić information content (AvgIpc) is 3.33. The molecule has 1 amide bonds. The molecule has 2 bridgehead atoms. The summed E-state index contributed by atoms with van der Waals surface area (Å²) in [5.74, 6) is -2.52. The number of hydrogen-bond donors (Lipinski definition) is 4. The number of phenolic OH excluding ortho intramolecular Hbond substituents is 1. The first kappa shape index (κ1) is 15.9. The molecular weight excluding hydrogens is 332 g/mol. The molecule has 0 aliphatic carbocycles. The van der Waals surface area contributed by atoms with Gasteiger partial charge in [-0.2, -0.15) is 0 Å². The molecule has 3 aliphatic heterocycles. The summed E-state index contributed by atoms with van der Waals surface area (Å²) in [6, 6.07) is 2.97. The van der Waals surface area contributed by atoms with Crippen LogP contribution in [0.15, 0.2) is 17.3 Å². The summed E-state index contributed by atoms with van der Waals surface area (Å²) < 4.78 is 4.91. The molecule has 5 N–H and O–H groups in total. The highest BCUT2D eigenvalue weighted by Gasteiger charge is 2.65. The Kier molecular flexibility index (Phi) is 3.49. The standard InChI is InChI=1S/C15H18N4O6/c1-23-17-4-7-2-10-12(11(20)3-7)8(6-24-14(16)21)15(22)13-9(18-13)5-19(10)25-15/h2-4,8-9,13,18,20,22H,5-6H2,1H3,(H2,16,21). The molecule has 4 atom stereocenters. The number of aromatic hydroxyl groups is 1. The van der Waals surface area contributed by atoms with Crippen LogP contribution in [-0.4, -0.2) is 60.7 Å². The molecule has 10 heteroatoms. The summed E-state index contributed by atoms with van der Waals surface area (Å²) in [7, 11) is 1.42. The van der Waals surface area contributed by atoms with Gasteiger partial charge in [-0.3, -0.25) is 0 Å². The number of rotatable bonds is 4. The maximum absolute atomic E-state index is 11.1. The smallest absolute Gasteiger partial charge is 0.404 e. The lowest BCUT2D eigenvalue weighted by Crippen LogP contribution is -2.59. The molecule has 0 saturated carbocycles. The monoisotopic (exact) mass is 350 g/mol. The van der Waals surface area contributed by atoms with E-state index in [0.717, 1.165) is 0 Å². The van der Waals surface area contributed by atoms with Crippen molar-refractivity contribution >= 4 is 18.0 Å². The van der Waals surface area contributed by atoms with Crippen LogP contribution in [0.1, 0.15) is 17.0 Å². The van der Waals surface area contributed by atoms with Crippen molar-refractivity contribution in [2.75, 3.05) is 25.3 Å². The molecule has 134 valence electrons. The second-order valence-corrected chi connectivity index (χ2v) is 6.23. The zero-order valence-corrected chi connectivity index (χ0v) is 13.4. The lowest BCUT2D eigenvalue weighted by atomic mass is 9.82. The number of benzene rings is 1. The van der Waals surface area contributed by atoms with Gasteiger partial charge in [0.1, 0.15) is 19.5 Å². The van der Waals surface area contributed by atoms with Crippen molar-refractivity contribution < 1.29 is 29.4 Å². The number of carbonyl (C=O) groups is 1. The minimum atomic E-state index is -1.65. The van der Waals surface area contributed by atoms with E-state index >= 15 is 0 Å². The van der Waals surface area contributed by atoms with Crippen LogP contribution in [0.5, 0.6) is 5.75 Å². The number of anilines is 1. The van der Waals surface area contributed by atoms with Gasteiger partial charge in [-0.05, 0) is 12.1 Å². The van der Waals surface area contributed by atoms with Gasteiger partial charge in [0.25, 0.3) is 0 Å². The van der Waals surface area contributed by atoms with E-state index in [9.17, 15) is 15.0 Å². The Morgan fingerprint density at radius 2 is 2.44 bits per heavy atom. The summed E-state index contributed by atoms with van der Waals surface area (Å²) in [5.41, 5.74) is 6.64. The Morgan fingerprint density at radius 1 is 1.64 bits per heavy atom. The van der Waals surface area contributed by atoms with Gasteiger partial charge >= 0.3 is 6.09 Å². The second-order valence-electron chi connectivity index (χ2n) is 6.23. The fourth-order valence-electron chi connectivity index (χ4n) is 3.59. The molecule has 1 aromatic rings. The molecule has 0 radical (unpaired) electrons. The number of hydrogen-bond acceptors (Lipinski definition) is 9. The van der Waals surface area contributed by atoms with E-state index in [0.29, 0.717) is 23.4 Å². The molecule has 1 aromatic carbocycles. The van der Waals surface area contributed by atoms with Crippen molar-refractivity contribution in [2.24, 2.45) is 10.9 Å². The normalized spacial score (nSPS) is 32.1. The quantitative estimate of drug-likeness (QED) is 0.318. The van der Waals surface area contributed by atoms with E-state index in [4.69, 9.17) is 15.3 Å². The number of ether oxygens (including phenoxy) is 1. The summed E-state index contributed by atoms with van der Waals surface area (Å²) >= 11 is 0. The van der Waals surface area contributed by atoms with Crippen LogP contribution in [0, 0.1) is 0 Å². The predicted octanol–water partition coefficient (Wildman–Crippen LogP) is -0.654. The maximum Gasteiger partial charge on any atom is 0.404 e. The number of hydroxylamine groups is 1. The number of carbonyl (C=O) groups excluding carboxylic acids is 1. The van der Waals surface area contributed by atoms with Gasteiger partial charge in [-0.25, -0.2) is 14.7 Å². The number of phenols is 1. The van der Waals surface area contributed by atoms with Crippen LogP contribution < -0.4 is 16.1 Å². The lowest BCUT2D eigenvalue weighted by molar-refractivity contribution is -0.247. The fourth-order valence-corrected chi connectivity index (χ4v) is 3.59. The third-order valence-corrected chi connectivity index (χ3v) is 4.73. The Hall–Kier alpha value is -2.56. The number of nitrogens with two attached hydrogens (primary N) is 1. The topological polar surface area (TPSA) is 149 Å². The van der Waals surface area contributed by atoms with Crippen LogP contribution in [-0.2, 0) is 14.4 Å². The van der Waals surface area contributed by atoms with Gasteiger partial charge in [-0.1, -0.05) is 5.16 Å². The summed E-state index contributed by atoms with van der Waals surface area (Å²) in [6.07, 6.45) is 0.477. The molecule has 3 aliphatic rings. The number of primary amides is 1. The van der Waals surface area contributed by atoms with Gasteiger partial charge in [-0.15, -0.1) is 0 Å².